The van der Waals surface area contributed by atoms with E-state index in [1.807, 2.05) is 0 Å². The van der Waals surface area contributed by atoms with Crippen LogP contribution in [0, 0.1) is 15.9 Å². The first-order valence-corrected chi connectivity index (χ1v) is 9.66. The maximum atomic E-state index is 13.7. The summed E-state index contributed by atoms with van der Waals surface area (Å²) in [6, 6.07) is 10.9. The van der Waals surface area contributed by atoms with Gasteiger partial charge in [0.15, 0.2) is 0 Å². The Labute approximate surface area is 155 Å². The molecule has 1 aliphatic rings. The predicted octanol–water partition coefficient (Wildman–Crippen LogP) is 2.14. The molecule has 1 saturated heterocycles. The number of benzene rings is 2. The molecule has 2 aromatic carbocycles. The van der Waals surface area contributed by atoms with Gasteiger partial charge in [-0.3, -0.25) is 15.0 Å². The van der Waals surface area contributed by atoms with E-state index in [1.54, 1.807) is 19.2 Å². The van der Waals surface area contributed by atoms with E-state index in [-0.39, 0.29) is 24.4 Å². The molecule has 2 aromatic rings. The molecule has 0 aromatic heterocycles. The summed E-state index contributed by atoms with van der Waals surface area (Å²) in [5.41, 5.74) is 0.536. The van der Waals surface area contributed by atoms with Crippen LogP contribution in [0.15, 0.2) is 48.5 Å². The van der Waals surface area contributed by atoms with Gasteiger partial charge in [-0.25, -0.2) is 17.5 Å². The van der Waals surface area contributed by atoms with Crippen molar-refractivity contribution < 1.29 is 22.6 Å². The summed E-state index contributed by atoms with van der Waals surface area (Å²) >= 11 is 0. The van der Waals surface area contributed by atoms with Crippen LogP contribution >= 0.6 is 0 Å². The SMILES string of the molecule is CN1OC[C@@H](S(=O)(=O)NCc2ccccc2F)[C@H]1c1cccc([N+](=O)[O-])c1. The number of rotatable bonds is 6. The molecule has 2 atom stereocenters. The minimum atomic E-state index is -3.89. The highest BCUT2D eigenvalue weighted by molar-refractivity contribution is 7.90. The van der Waals surface area contributed by atoms with Crippen LogP contribution in [-0.4, -0.2) is 37.3 Å². The molecule has 27 heavy (non-hydrogen) atoms. The van der Waals surface area contributed by atoms with Crippen LogP contribution < -0.4 is 4.72 Å². The van der Waals surface area contributed by atoms with Crippen molar-refractivity contribution >= 4 is 15.7 Å². The van der Waals surface area contributed by atoms with Crippen molar-refractivity contribution in [3.05, 3.63) is 75.6 Å². The lowest BCUT2D eigenvalue weighted by atomic mass is 10.0. The van der Waals surface area contributed by atoms with Crippen LogP contribution in [0.1, 0.15) is 17.2 Å². The van der Waals surface area contributed by atoms with Gasteiger partial charge in [0.1, 0.15) is 11.1 Å². The summed E-state index contributed by atoms with van der Waals surface area (Å²) in [5.74, 6) is -0.504. The van der Waals surface area contributed by atoms with E-state index in [0.29, 0.717) is 5.56 Å². The van der Waals surface area contributed by atoms with Gasteiger partial charge in [0, 0.05) is 31.3 Å². The standard InChI is InChI=1S/C17H18FN3O5S/c1-20-17(12-6-4-7-14(9-12)21(22)23)16(11-26-20)27(24,25)19-10-13-5-2-3-8-15(13)18/h2-9,16-17,19H,10-11H2,1H3/t16-,17-/m1/s1. The van der Waals surface area contributed by atoms with Crippen molar-refractivity contribution in [2.75, 3.05) is 13.7 Å². The number of halogens is 1. The van der Waals surface area contributed by atoms with Gasteiger partial charge in [-0.2, -0.15) is 5.06 Å². The van der Waals surface area contributed by atoms with Crippen LogP contribution in [-0.2, 0) is 21.4 Å². The summed E-state index contributed by atoms with van der Waals surface area (Å²) in [7, 11) is -2.33. The molecule has 0 radical (unpaired) electrons. The first kappa shape index (κ1) is 19.4. The largest absolute Gasteiger partial charge is 0.297 e. The minimum Gasteiger partial charge on any atom is -0.297 e. The zero-order valence-electron chi connectivity index (χ0n) is 14.4. The lowest BCUT2D eigenvalue weighted by molar-refractivity contribution is -0.385. The van der Waals surface area contributed by atoms with Crippen molar-refractivity contribution in [3.63, 3.8) is 0 Å². The molecule has 0 saturated carbocycles. The molecule has 0 unspecified atom stereocenters. The molecular formula is C17H18FN3O5S. The normalized spacial score (nSPS) is 20.7. The van der Waals surface area contributed by atoms with Gasteiger partial charge in [-0.1, -0.05) is 30.3 Å². The van der Waals surface area contributed by atoms with Crippen molar-refractivity contribution in [2.24, 2.45) is 0 Å². The van der Waals surface area contributed by atoms with Crippen molar-refractivity contribution in [3.8, 4) is 0 Å². The highest BCUT2D eigenvalue weighted by atomic mass is 32.2. The van der Waals surface area contributed by atoms with Gasteiger partial charge in [0.25, 0.3) is 5.69 Å². The average molecular weight is 395 g/mol. The Hall–Kier alpha value is -2.40. The highest BCUT2D eigenvalue weighted by Gasteiger charge is 2.43. The van der Waals surface area contributed by atoms with Crippen LogP contribution in [0.3, 0.4) is 0 Å². The molecule has 1 N–H and O–H groups in total. The number of non-ortho nitro benzene ring substituents is 1. The minimum absolute atomic E-state index is 0.115. The molecule has 1 heterocycles. The number of hydrogen-bond acceptors (Lipinski definition) is 6. The molecule has 144 valence electrons. The van der Waals surface area contributed by atoms with Crippen LogP contribution in [0.25, 0.3) is 0 Å². The maximum Gasteiger partial charge on any atom is 0.269 e. The van der Waals surface area contributed by atoms with E-state index in [4.69, 9.17) is 4.84 Å². The van der Waals surface area contributed by atoms with Gasteiger partial charge >= 0.3 is 0 Å². The summed E-state index contributed by atoms with van der Waals surface area (Å²) in [5, 5.41) is 11.4. The molecule has 0 aliphatic carbocycles. The Balaban J connectivity index is 1.84. The van der Waals surface area contributed by atoms with Gasteiger partial charge < -0.3 is 0 Å². The second-order valence-corrected chi connectivity index (χ2v) is 8.12. The lowest BCUT2D eigenvalue weighted by Gasteiger charge is -2.23. The summed E-state index contributed by atoms with van der Waals surface area (Å²) in [6.07, 6.45) is 0. The third-order valence-electron chi connectivity index (χ3n) is 4.43. The summed E-state index contributed by atoms with van der Waals surface area (Å²) < 4.78 is 41.7. The van der Waals surface area contributed by atoms with E-state index in [2.05, 4.69) is 4.72 Å². The Bertz CT molecular complexity index is 953. The van der Waals surface area contributed by atoms with Crippen molar-refractivity contribution in [1.82, 2.24) is 9.79 Å². The van der Waals surface area contributed by atoms with Crippen molar-refractivity contribution in [1.29, 1.82) is 0 Å². The Morgan fingerprint density at radius 3 is 2.74 bits per heavy atom. The fourth-order valence-electron chi connectivity index (χ4n) is 3.03. The first-order valence-electron chi connectivity index (χ1n) is 8.11. The summed E-state index contributed by atoms with van der Waals surface area (Å²) in [6.45, 7) is -0.312. The molecule has 0 spiro atoms. The predicted molar refractivity (Wildman–Crippen MR) is 95.5 cm³/mol. The van der Waals surface area contributed by atoms with Crippen LogP contribution in [0.2, 0.25) is 0 Å². The van der Waals surface area contributed by atoms with E-state index in [9.17, 15) is 22.9 Å². The van der Waals surface area contributed by atoms with Gasteiger partial charge in [0.2, 0.25) is 10.0 Å². The van der Waals surface area contributed by atoms with E-state index < -0.39 is 32.1 Å². The fraction of sp³-hybridized carbons (Fsp3) is 0.294. The van der Waals surface area contributed by atoms with Crippen molar-refractivity contribution in [2.45, 2.75) is 17.8 Å². The third kappa shape index (κ3) is 4.14. The number of hydrogen-bond donors (Lipinski definition) is 1. The van der Waals surface area contributed by atoms with E-state index in [0.717, 1.165) is 0 Å². The molecule has 10 heteroatoms. The number of nitro benzene ring substituents is 1. The van der Waals surface area contributed by atoms with Crippen LogP contribution in [0.4, 0.5) is 10.1 Å². The zero-order valence-corrected chi connectivity index (χ0v) is 15.2. The van der Waals surface area contributed by atoms with E-state index >= 15 is 0 Å². The third-order valence-corrected chi connectivity index (χ3v) is 6.17. The molecule has 1 fully saturated rings. The zero-order chi connectivity index (χ0) is 19.6. The Morgan fingerprint density at radius 2 is 2.04 bits per heavy atom. The van der Waals surface area contributed by atoms with Gasteiger partial charge in [-0.05, 0) is 11.6 Å². The number of sulfonamides is 1. The monoisotopic (exact) mass is 395 g/mol. The second-order valence-electron chi connectivity index (χ2n) is 6.13. The molecule has 1 aliphatic heterocycles. The maximum absolute atomic E-state index is 13.7. The molecule has 3 rings (SSSR count). The highest BCUT2D eigenvalue weighted by Crippen LogP contribution is 2.34. The second kappa shape index (κ2) is 7.69. The molecule has 8 nitrogen and oxygen atoms in total. The lowest BCUT2D eigenvalue weighted by Crippen LogP contribution is -2.39. The molecule has 0 bridgehead atoms. The summed E-state index contributed by atoms with van der Waals surface area (Å²) in [4.78, 5) is 15.8. The van der Waals surface area contributed by atoms with Gasteiger partial charge in [-0.15, -0.1) is 0 Å². The smallest absolute Gasteiger partial charge is 0.269 e. The van der Waals surface area contributed by atoms with Crippen LogP contribution in [0.5, 0.6) is 0 Å². The number of nitro groups is 1. The number of hydroxylamine groups is 2. The number of nitrogens with one attached hydrogen (secondary N) is 1. The molecular weight excluding hydrogens is 377 g/mol. The Kier molecular flexibility index (Phi) is 5.51. The van der Waals surface area contributed by atoms with E-state index in [1.165, 1.54) is 41.5 Å². The average Bonchev–Trinajstić information content (AvgIpc) is 3.03. The quantitative estimate of drug-likeness (QED) is 0.594. The van der Waals surface area contributed by atoms with Gasteiger partial charge in [0.05, 0.1) is 17.6 Å². The number of nitrogens with zero attached hydrogens (tertiary/aromatic N) is 2. The Morgan fingerprint density at radius 1 is 1.30 bits per heavy atom. The first-order chi connectivity index (χ1) is 12.8. The fourth-order valence-corrected chi connectivity index (χ4v) is 4.51. The molecule has 0 amide bonds. The topological polar surface area (TPSA) is 102 Å².